The lowest BCUT2D eigenvalue weighted by atomic mass is 10.1. The molecule has 0 aliphatic heterocycles. The predicted octanol–water partition coefficient (Wildman–Crippen LogP) is 2.74. The lowest BCUT2D eigenvalue weighted by molar-refractivity contribution is 0.0911. The molecule has 2 aromatic rings. The molecule has 0 bridgehead atoms. The van der Waals surface area contributed by atoms with Crippen molar-refractivity contribution >= 4 is 17.5 Å². The normalized spacial score (nSPS) is 11.8. The molecule has 122 valence electrons. The second-order valence-electron chi connectivity index (χ2n) is 4.69. The first kappa shape index (κ1) is 17.2. The Kier molecular flexibility index (Phi) is 5.90. The molecule has 1 amide bonds. The first-order chi connectivity index (χ1) is 11.0. The molecule has 5 nitrogen and oxygen atoms in total. The van der Waals surface area contributed by atoms with Crippen LogP contribution in [0, 0.1) is 5.82 Å². The summed E-state index contributed by atoms with van der Waals surface area (Å²) in [5.74, 6) is -0.838. The van der Waals surface area contributed by atoms with Gasteiger partial charge in [-0.15, -0.1) is 0 Å². The van der Waals surface area contributed by atoms with Gasteiger partial charge < -0.3 is 15.2 Å². The fourth-order valence-corrected chi connectivity index (χ4v) is 2.06. The summed E-state index contributed by atoms with van der Waals surface area (Å²) in [6.07, 6.45) is 0.463. The van der Waals surface area contributed by atoms with Gasteiger partial charge in [0, 0.05) is 12.7 Å². The van der Waals surface area contributed by atoms with E-state index in [1.807, 2.05) is 0 Å². The monoisotopic (exact) mass is 338 g/mol. The summed E-state index contributed by atoms with van der Waals surface area (Å²) in [6, 6.07) is 7.17. The molecule has 2 rings (SSSR count). The number of aromatic nitrogens is 1. The van der Waals surface area contributed by atoms with E-state index in [0.717, 1.165) is 6.07 Å². The minimum absolute atomic E-state index is 0.0262. The number of halogens is 2. The topological polar surface area (TPSA) is 71.5 Å². The quantitative estimate of drug-likeness (QED) is 0.849. The largest absolute Gasteiger partial charge is 0.477 e. The van der Waals surface area contributed by atoms with E-state index < -0.39 is 17.8 Å². The van der Waals surface area contributed by atoms with Crippen molar-refractivity contribution in [2.75, 3.05) is 13.2 Å². The summed E-state index contributed by atoms with van der Waals surface area (Å²) in [5, 5.41) is 12.6. The third-order valence-electron chi connectivity index (χ3n) is 3.08. The van der Waals surface area contributed by atoms with Gasteiger partial charge in [0.25, 0.3) is 5.91 Å². The lowest BCUT2D eigenvalue weighted by Gasteiger charge is -2.14. The number of aliphatic hydroxyl groups is 1. The summed E-state index contributed by atoms with van der Waals surface area (Å²) in [6.45, 7) is 2.08. The second-order valence-corrected chi connectivity index (χ2v) is 5.10. The highest BCUT2D eigenvalue weighted by Gasteiger charge is 2.16. The predicted molar refractivity (Wildman–Crippen MR) is 84.1 cm³/mol. The third kappa shape index (κ3) is 4.40. The Labute approximate surface area is 138 Å². The number of hydrogen-bond acceptors (Lipinski definition) is 4. The zero-order chi connectivity index (χ0) is 16.8. The molecule has 23 heavy (non-hydrogen) atoms. The Bertz CT molecular complexity index is 697. The van der Waals surface area contributed by atoms with Crippen LogP contribution in [-0.4, -0.2) is 29.1 Å². The van der Waals surface area contributed by atoms with E-state index >= 15 is 0 Å². The number of carbonyl (C=O) groups is 1. The number of rotatable bonds is 6. The van der Waals surface area contributed by atoms with Crippen LogP contribution < -0.4 is 10.1 Å². The van der Waals surface area contributed by atoms with Gasteiger partial charge in [0.05, 0.1) is 17.7 Å². The molecule has 0 aliphatic carbocycles. The minimum Gasteiger partial charge on any atom is -0.477 e. The Morgan fingerprint density at radius 1 is 1.48 bits per heavy atom. The van der Waals surface area contributed by atoms with E-state index in [1.165, 1.54) is 18.3 Å². The van der Waals surface area contributed by atoms with Gasteiger partial charge in [-0.1, -0.05) is 17.7 Å². The first-order valence-corrected chi connectivity index (χ1v) is 7.39. The van der Waals surface area contributed by atoms with Crippen LogP contribution in [0.2, 0.25) is 5.02 Å². The van der Waals surface area contributed by atoms with E-state index in [9.17, 15) is 14.3 Å². The Morgan fingerprint density at radius 2 is 2.26 bits per heavy atom. The van der Waals surface area contributed by atoms with Crippen molar-refractivity contribution in [3.8, 4) is 5.88 Å². The van der Waals surface area contributed by atoms with Crippen molar-refractivity contribution in [3.05, 3.63) is 58.5 Å². The molecule has 0 saturated heterocycles. The fraction of sp³-hybridized carbons (Fsp3) is 0.250. The molecule has 0 aliphatic rings. The van der Waals surface area contributed by atoms with Gasteiger partial charge >= 0.3 is 0 Å². The van der Waals surface area contributed by atoms with Crippen LogP contribution in [0.3, 0.4) is 0 Å². The van der Waals surface area contributed by atoms with Crippen LogP contribution in [0.4, 0.5) is 4.39 Å². The van der Waals surface area contributed by atoms with Crippen LogP contribution in [0.25, 0.3) is 0 Å². The summed E-state index contributed by atoms with van der Waals surface area (Å²) in [4.78, 5) is 16.1. The Hall–Kier alpha value is -2.18. The van der Waals surface area contributed by atoms with Gasteiger partial charge in [-0.25, -0.2) is 9.37 Å². The van der Waals surface area contributed by atoms with Crippen LogP contribution >= 0.6 is 11.6 Å². The summed E-state index contributed by atoms with van der Waals surface area (Å²) in [5.41, 5.74) is 0.590. The number of carbonyl (C=O) groups excluding carboxylic acids is 1. The van der Waals surface area contributed by atoms with E-state index in [2.05, 4.69) is 10.3 Å². The number of nitrogens with zero attached hydrogens (tertiary/aromatic N) is 1. The van der Waals surface area contributed by atoms with Gasteiger partial charge in [0.1, 0.15) is 11.4 Å². The molecular weight excluding hydrogens is 323 g/mol. The third-order valence-corrected chi connectivity index (χ3v) is 3.39. The molecule has 7 heteroatoms. The van der Waals surface area contributed by atoms with Gasteiger partial charge in [0.15, 0.2) is 0 Å². The highest BCUT2D eigenvalue weighted by molar-refractivity contribution is 6.30. The highest BCUT2D eigenvalue weighted by atomic mass is 35.5. The van der Waals surface area contributed by atoms with Crippen molar-refractivity contribution < 1.29 is 19.0 Å². The maximum Gasteiger partial charge on any atom is 0.256 e. The number of pyridine rings is 1. The number of benzene rings is 1. The molecule has 1 heterocycles. The van der Waals surface area contributed by atoms with Crippen LogP contribution in [-0.2, 0) is 0 Å². The number of amides is 1. The molecule has 2 N–H and O–H groups in total. The smallest absolute Gasteiger partial charge is 0.256 e. The highest BCUT2D eigenvalue weighted by Crippen LogP contribution is 2.20. The van der Waals surface area contributed by atoms with Crippen LogP contribution in [0.1, 0.15) is 28.9 Å². The summed E-state index contributed by atoms with van der Waals surface area (Å²) in [7, 11) is 0. The molecule has 0 radical (unpaired) electrons. The minimum atomic E-state index is -1.06. The molecule has 1 aromatic carbocycles. The van der Waals surface area contributed by atoms with Gasteiger partial charge in [-0.05, 0) is 36.8 Å². The van der Waals surface area contributed by atoms with Crippen molar-refractivity contribution in [3.63, 3.8) is 0 Å². The average molecular weight is 339 g/mol. The van der Waals surface area contributed by atoms with Gasteiger partial charge in [0.2, 0.25) is 5.88 Å². The maximum absolute atomic E-state index is 13.4. The van der Waals surface area contributed by atoms with E-state index in [1.54, 1.807) is 19.1 Å². The zero-order valence-corrected chi connectivity index (χ0v) is 13.2. The van der Waals surface area contributed by atoms with Gasteiger partial charge in [-0.2, -0.15) is 0 Å². The van der Waals surface area contributed by atoms with E-state index in [-0.39, 0.29) is 23.0 Å². The van der Waals surface area contributed by atoms with Crippen molar-refractivity contribution in [1.82, 2.24) is 10.3 Å². The zero-order valence-electron chi connectivity index (χ0n) is 12.4. The fourth-order valence-electron chi connectivity index (χ4n) is 1.94. The maximum atomic E-state index is 13.4. The van der Waals surface area contributed by atoms with Crippen molar-refractivity contribution in [1.29, 1.82) is 0 Å². The SMILES string of the molecule is CCOc1ncccc1C(=O)NCC(O)c1ccc(Cl)c(F)c1. The van der Waals surface area contributed by atoms with E-state index in [4.69, 9.17) is 16.3 Å². The molecule has 0 spiro atoms. The number of hydrogen-bond donors (Lipinski definition) is 2. The summed E-state index contributed by atoms with van der Waals surface area (Å²) < 4.78 is 18.7. The molecular formula is C16H16ClFN2O3. The van der Waals surface area contributed by atoms with Crippen LogP contribution in [0.5, 0.6) is 5.88 Å². The van der Waals surface area contributed by atoms with Crippen molar-refractivity contribution in [2.45, 2.75) is 13.0 Å². The van der Waals surface area contributed by atoms with Gasteiger partial charge in [-0.3, -0.25) is 4.79 Å². The standard InChI is InChI=1S/C16H16ClFN2O3/c1-2-23-16-11(4-3-7-19-16)15(22)20-9-14(21)10-5-6-12(17)13(18)8-10/h3-8,14,21H,2,9H2,1H3,(H,20,22). The Balaban J connectivity index is 2.02. The molecule has 0 saturated carbocycles. The average Bonchev–Trinajstić information content (AvgIpc) is 2.55. The van der Waals surface area contributed by atoms with Crippen molar-refractivity contribution in [2.24, 2.45) is 0 Å². The Morgan fingerprint density at radius 3 is 2.96 bits per heavy atom. The molecule has 1 aromatic heterocycles. The summed E-state index contributed by atoms with van der Waals surface area (Å²) >= 11 is 5.59. The second kappa shape index (κ2) is 7.89. The van der Waals surface area contributed by atoms with E-state index in [0.29, 0.717) is 12.2 Å². The van der Waals surface area contributed by atoms with Crippen LogP contribution in [0.15, 0.2) is 36.5 Å². The number of nitrogens with one attached hydrogen (secondary N) is 1. The molecule has 0 fully saturated rings. The molecule has 1 atom stereocenters. The number of aliphatic hydroxyl groups excluding tert-OH is 1. The molecule has 1 unspecified atom stereocenters. The lowest BCUT2D eigenvalue weighted by Crippen LogP contribution is -2.29. The first-order valence-electron chi connectivity index (χ1n) is 7.02. The number of ether oxygens (including phenoxy) is 1.